The summed E-state index contributed by atoms with van der Waals surface area (Å²) in [5, 5.41) is 11.6. The van der Waals surface area contributed by atoms with Crippen LogP contribution >= 0.6 is 7.14 Å². The second-order valence-corrected chi connectivity index (χ2v) is 9.21. The van der Waals surface area contributed by atoms with E-state index in [-0.39, 0.29) is 12.5 Å². The van der Waals surface area contributed by atoms with E-state index in [9.17, 15) is 9.67 Å². The van der Waals surface area contributed by atoms with Crippen LogP contribution in [-0.2, 0) is 11.0 Å². The summed E-state index contributed by atoms with van der Waals surface area (Å²) in [6, 6.07) is 29.4. The molecule has 0 saturated carbocycles. The van der Waals surface area contributed by atoms with Gasteiger partial charge in [-0.25, -0.2) is 0 Å². The van der Waals surface area contributed by atoms with Crippen molar-refractivity contribution in [1.82, 2.24) is 0 Å². The molecule has 0 spiro atoms. The molecule has 0 aliphatic carbocycles. The van der Waals surface area contributed by atoms with Gasteiger partial charge in [0.25, 0.3) is 0 Å². The van der Waals surface area contributed by atoms with E-state index in [1.165, 1.54) is 0 Å². The SMILES string of the molecule is O=P(CC(CO)Cc1ccccc1)(c1ccccc1)c1ccccc1. The second-order valence-electron chi connectivity index (χ2n) is 6.33. The summed E-state index contributed by atoms with van der Waals surface area (Å²) < 4.78 is 14.1. The maximum Gasteiger partial charge on any atom is 0.143 e. The first-order valence-corrected chi connectivity index (χ1v) is 10.5. The molecule has 0 aromatic heterocycles. The van der Waals surface area contributed by atoms with Crippen molar-refractivity contribution in [3.8, 4) is 0 Å². The molecular formula is C22H23O2P. The normalized spacial score (nSPS) is 12.7. The molecule has 3 aromatic rings. The van der Waals surface area contributed by atoms with Gasteiger partial charge in [0.2, 0.25) is 0 Å². The third-order valence-electron chi connectivity index (χ3n) is 4.49. The Balaban J connectivity index is 1.93. The number of hydrogen-bond acceptors (Lipinski definition) is 2. The average Bonchev–Trinajstić information content (AvgIpc) is 2.69. The molecule has 0 radical (unpaired) electrons. The highest BCUT2D eigenvalue weighted by molar-refractivity contribution is 7.78. The van der Waals surface area contributed by atoms with Crippen LogP contribution in [-0.4, -0.2) is 17.9 Å². The van der Waals surface area contributed by atoms with E-state index in [1.807, 2.05) is 78.9 Å². The van der Waals surface area contributed by atoms with Crippen LogP contribution in [0.4, 0.5) is 0 Å². The number of aliphatic hydroxyl groups excluding tert-OH is 1. The fourth-order valence-electron chi connectivity index (χ4n) is 3.20. The van der Waals surface area contributed by atoms with E-state index in [2.05, 4.69) is 12.1 Å². The minimum absolute atomic E-state index is 0.0263. The lowest BCUT2D eigenvalue weighted by Gasteiger charge is -2.24. The van der Waals surface area contributed by atoms with Gasteiger partial charge in [0, 0.05) is 23.4 Å². The number of hydrogen-bond donors (Lipinski definition) is 1. The summed E-state index contributed by atoms with van der Waals surface area (Å²) in [6.45, 7) is 0.0263. The lowest BCUT2D eigenvalue weighted by atomic mass is 10.0. The molecule has 1 N–H and O–H groups in total. The zero-order chi connectivity index (χ0) is 17.5. The zero-order valence-corrected chi connectivity index (χ0v) is 15.1. The Hall–Kier alpha value is -2.15. The van der Waals surface area contributed by atoms with Gasteiger partial charge in [-0.3, -0.25) is 0 Å². The summed E-state index contributed by atoms with van der Waals surface area (Å²) in [7, 11) is -2.79. The highest BCUT2D eigenvalue weighted by atomic mass is 31.2. The molecule has 0 amide bonds. The van der Waals surface area contributed by atoms with Gasteiger partial charge < -0.3 is 9.67 Å². The molecule has 3 aromatic carbocycles. The molecule has 0 bridgehead atoms. The van der Waals surface area contributed by atoms with E-state index in [0.29, 0.717) is 6.16 Å². The van der Waals surface area contributed by atoms with Gasteiger partial charge in [-0.15, -0.1) is 0 Å². The van der Waals surface area contributed by atoms with Crippen LogP contribution in [0.1, 0.15) is 5.56 Å². The van der Waals surface area contributed by atoms with E-state index < -0.39 is 7.14 Å². The highest BCUT2D eigenvalue weighted by Gasteiger charge is 2.30. The molecule has 0 heterocycles. The van der Waals surface area contributed by atoms with Crippen LogP contribution in [0.2, 0.25) is 0 Å². The van der Waals surface area contributed by atoms with Crippen LogP contribution in [0, 0.1) is 5.92 Å². The Bertz CT molecular complexity index is 773. The van der Waals surface area contributed by atoms with Crippen molar-refractivity contribution in [2.75, 3.05) is 12.8 Å². The van der Waals surface area contributed by atoms with Crippen molar-refractivity contribution in [2.24, 2.45) is 5.92 Å². The third kappa shape index (κ3) is 4.28. The molecular weight excluding hydrogens is 327 g/mol. The quantitative estimate of drug-likeness (QED) is 0.657. The molecule has 1 atom stereocenters. The van der Waals surface area contributed by atoms with Crippen molar-refractivity contribution in [3.63, 3.8) is 0 Å². The van der Waals surface area contributed by atoms with Crippen molar-refractivity contribution in [2.45, 2.75) is 6.42 Å². The highest BCUT2D eigenvalue weighted by Crippen LogP contribution is 2.45. The second kappa shape index (κ2) is 8.29. The number of rotatable bonds is 7. The lowest BCUT2D eigenvalue weighted by Crippen LogP contribution is -2.25. The maximum absolute atomic E-state index is 14.1. The molecule has 3 heteroatoms. The monoisotopic (exact) mass is 350 g/mol. The van der Waals surface area contributed by atoms with Crippen molar-refractivity contribution in [1.29, 1.82) is 0 Å². The van der Waals surface area contributed by atoms with Gasteiger partial charge in [0.05, 0.1) is 0 Å². The molecule has 128 valence electrons. The first-order valence-electron chi connectivity index (χ1n) is 8.57. The zero-order valence-electron chi connectivity index (χ0n) is 14.2. The minimum Gasteiger partial charge on any atom is -0.396 e. The smallest absolute Gasteiger partial charge is 0.143 e. The Morgan fingerprint density at radius 3 is 1.60 bits per heavy atom. The van der Waals surface area contributed by atoms with Gasteiger partial charge in [-0.05, 0) is 17.9 Å². The predicted molar refractivity (Wildman–Crippen MR) is 105 cm³/mol. The standard InChI is InChI=1S/C22H23O2P/c23-17-20(16-19-10-4-1-5-11-19)18-25(24,21-12-6-2-7-13-21)22-14-8-3-9-15-22/h1-15,20,23H,16-18H2. The lowest BCUT2D eigenvalue weighted by molar-refractivity contribution is 0.238. The average molecular weight is 350 g/mol. The molecule has 2 nitrogen and oxygen atoms in total. The van der Waals surface area contributed by atoms with Crippen LogP contribution in [0.25, 0.3) is 0 Å². The summed E-state index contributed by atoms with van der Waals surface area (Å²) in [5.41, 5.74) is 1.16. The molecule has 25 heavy (non-hydrogen) atoms. The van der Waals surface area contributed by atoms with E-state index in [4.69, 9.17) is 0 Å². The first kappa shape index (κ1) is 17.7. The summed E-state index contributed by atoms with van der Waals surface area (Å²) in [6.07, 6.45) is 1.19. The maximum atomic E-state index is 14.1. The fraction of sp³-hybridized carbons (Fsp3) is 0.182. The van der Waals surface area contributed by atoms with Gasteiger partial charge in [0.15, 0.2) is 0 Å². The van der Waals surface area contributed by atoms with Crippen molar-refractivity contribution < 1.29 is 9.67 Å². The van der Waals surface area contributed by atoms with Gasteiger partial charge in [-0.2, -0.15) is 0 Å². The number of aliphatic hydroxyl groups is 1. The largest absolute Gasteiger partial charge is 0.396 e. The molecule has 3 rings (SSSR count). The van der Waals surface area contributed by atoms with E-state index in [1.54, 1.807) is 0 Å². The van der Waals surface area contributed by atoms with Crippen LogP contribution in [0.3, 0.4) is 0 Å². The first-order chi connectivity index (χ1) is 12.2. The van der Waals surface area contributed by atoms with Gasteiger partial charge in [-0.1, -0.05) is 91.0 Å². The molecule has 0 aliphatic rings. The van der Waals surface area contributed by atoms with Crippen molar-refractivity contribution >= 4 is 17.8 Å². The van der Waals surface area contributed by atoms with Crippen LogP contribution in [0.5, 0.6) is 0 Å². The van der Waals surface area contributed by atoms with Gasteiger partial charge >= 0.3 is 0 Å². The third-order valence-corrected chi connectivity index (χ3v) is 7.78. The van der Waals surface area contributed by atoms with E-state index >= 15 is 0 Å². The van der Waals surface area contributed by atoms with Gasteiger partial charge in [0.1, 0.15) is 7.14 Å². The molecule has 1 unspecified atom stereocenters. The molecule has 0 aliphatic heterocycles. The molecule has 0 fully saturated rings. The van der Waals surface area contributed by atoms with Crippen LogP contribution in [0.15, 0.2) is 91.0 Å². The Kier molecular flexibility index (Phi) is 5.86. The predicted octanol–water partition coefficient (Wildman–Crippen LogP) is 3.85. The Morgan fingerprint density at radius 2 is 1.16 bits per heavy atom. The summed E-state index contributed by atoms with van der Waals surface area (Å²) in [4.78, 5) is 0. The minimum atomic E-state index is -2.79. The Labute approximate surface area is 149 Å². The van der Waals surface area contributed by atoms with Crippen molar-refractivity contribution in [3.05, 3.63) is 96.6 Å². The fourth-order valence-corrected chi connectivity index (χ4v) is 6.19. The van der Waals surface area contributed by atoms with Crippen LogP contribution < -0.4 is 10.6 Å². The topological polar surface area (TPSA) is 37.3 Å². The Morgan fingerprint density at radius 1 is 0.720 bits per heavy atom. The number of benzene rings is 3. The molecule has 0 saturated heterocycles. The summed E-state index contributed by atoms with van der Waals surface area (Å²) >= 11 is 0. The summed E-state index contributed by atoms with van der Waals surface area (Å²) in [5.74, 6) is -0.0476. The van der Waals surface area contributed by atoms with E-state index in [0.717, 1.165) is 22.6 Å².